The third kappa shape index (κ3) is 4.25. The average Bonchev–Trinajstić information content (AvgIpc) is 3.17. The number of hydrogen-bond donors (Lipinski definition) is 1. The van der Waals surface area contributed by atoms with Crippen LogP contribution in [0.3, 0.4) is 0 Å². The molecular formula is C14H25NO3. The number of hydrogen-bond acceptors (Lipinski definition) is 4. The summed E-state index contributed by atoms with van der Waals surface area (Å²) in [6.07, 6.45) is 7.44. The molecule has 0 radical (unpaired) electrons. The van der Waals surface area contributed by atoms with E-state index in [1.165, 1.54) is 20.0 Å². The van der Waals surface area contributed by atoms with Gasteiger partial charge in [0, 0.05) is 6.04 Å². The fourth-order valence-electron chi connectivity index (χ4n) is 2.62. The monoisotopic (exact) mass is 255 g/mol. The van der Waals surface area contributed by atoms with Crippen LogP contribution in [0.15, 0.2) is 0 Å². The van der Waals surface area contributed by atoms with Gasteiger partial charge in [0.2, 0.25) is 0 Å². The second kappa shape index (κ2) is 6.53. The summed E-state index contributed by atoms with van der Waals surface area (Å²) in [4.78, 5) is 11.6. The minimum Gasteiger partial charge on any atom is -0.468 e. The summed E-state index contributed by atoms with van der Waals surface area (Å²) in [7, 11) is 1.44. The standard InChI is InChI=1S/C14H25NO3/c1-10-4-3-5-12(8-10)18-9-13(14(16)17-2)15-11-6-7-11/h10-13,15H,3-9H2,1-2H3. The Morgan fingerprint density at radius 1 is 1.33 bits per heavy atom. The van der Waals surface area contributed by atoms with E-state index in [4.69, 9.17) is 9.47 Å². The number of methoxy groups -OCH3 is 1. The first-order valence-electron chi connectivity index (χ1n) is 7.14. The summed E-state index contributed by atoms with van der Waals surface area (Å²) >= 11 is 0. The second-order valence-electron chi connectivity index (χ2n) is 5.74. The van der Waals surface area contributed by atoms with Gasteiger partial charge in [-0.15, -0.1) is 0 Å². The van der Waals surface area contributed by atoms with Crippen molar-refractivity contribution < 1.29 is 14.3 Å². The van der Waals surface area contributed by atoms with Crippen molar-refractivity contribution in [3.63, 3.8) is 0 Å². The minimum atomic E-state index is -0.292. The van der Waals surface area contributed by atoms with Crippen LogP contribution in [0.2, 0.25) is 0 Å². The lowest BCUT2D eigenvalue weighted by atomic mass is 9.89. The highest BCUT2D eigenvalue weighted by atomic mass is 16.5. The molecule has 2 aliphatic carbocycles. The van der Waals surface area contributed by atoms with E-state index < -0.39 is 0 Å². The number of carbonyl (C=O) groups is 1. The van der Waals surface area contributed by atoms with Crippen molar-refractivity contribution in [1.82, 2.24) is 5.32 Å². The lowest BCUT2D eigenvalue weighted by Gasteiger charge is -2.28. The van der Waals surface area contributed by atoms with Crippen molar-refractivity contribution in [3.05, 3.63) is 0 Å². The normalized spacial score (nSPS) is 29.9. The quantitative estimate of drug-likeness (QED) is 0.736. The smallest absolute Gasteiger partial charge is 0.325 e. The Morgan fingerprint density at radius 2 is 2.11 bits per heavy atom. The highest BCUT2D eigenvalue weighted by molar-refractivity contribution is 5.75. The van der Waals surface area contributed by atoms with Gasteiger partial charge in [0.25, 0.3) is 0 Å². The maximum atomic E-state index is 11.6. The van der Waals surface area contributed by atoms with E-state index in [0.717, 1.165) is 31.6 Å². The number of rotatable bonds is 6. The van der Waals surface area contributed by atoms with Crippen molar-refractivity contribution in [3.8, 4) is 0 Å². The molecule has 3 atom stereocenters. The Bertz CT molecular complexity index is 278. The van der Waals surface area contributed by atoms with Crippen molar-refractivity contribution in [2.24, 2.45) is 5.92 Å². The van der Waals surface area contributed by atoms with Crippen LogP contribution < -0.4 is 5.32 Å². The summed E-state index contributed by atoms with van der Waals surface area (Å²) in [5.41, 5.74) is 0. The molecule has 2 rings (SSSR count). The van der Waals surface area contributed by atoms with E-state index in [2.05, 4.69) is 12.2 Å². The molecule has 4 heteroatoms. The Balaban J connectivity index is 1.75. The van der Waals surface area contributed by atoms with Crippen LogP contribution in [0.25, 0.3) is 0 Å². The van der Waals surface area contributed by atoms with E-state index in [1.807, 2.05) is 0 Å². The van der Waals surface area contributed by atoms with Gasteiger partial charge in [0.15, 0.2) is 0 Å². The fraction of sp³-hybridized carbons (Fsp3) is 0.929. The van der Waals surface area contributed by atoms with Crippen molar-refractivity contribution in [2.45, 2.75) is 63.6 Å². The average molecular weight is 255 g/mol. The molecule has 0 heterocycles. The SMILES string of the molecule is COC(=O)C(COC1CCCC(C)C1)NC1CC1. The molecule has 1 N–H and O–H groups in total. The molecule has 0 saturated heterocycles. The summed E-state index contributed by atoms with van der Waals surface area (Å²) in [5, 5.41) is 3.29. The highest BCUT2D eigenvalue weighted by Gasteiger charge is 2.30. The van der Waals surface area contributed by atoms with Gasteiger partial charge in [-0.2, -0.15) is 0 Å². The van der Waals surface area contributed by atoms with Gasteiger partial charge < -0.3 is 9.47 Å². The molecule has 0 aliphatic heterocycles. The van der Waals surface area contributed by atoms with Gasteiger partial charge in [0.1, 0.15) is 6.04 Å². The Morgan fingerprint density at radius 3 is 2.72 bits per heavy atom. The Labute approximate surface area is 109 Å². The molecule has 2 fully saturated rings. The van der Waals surface area contributed by atoms with Crippen LogP contribution in [0.1, 0.15) is 45.4 Å². The fourth-order valence-corrected chi connectivity index (χ4v) is 2.62. The van der Waals surface area contributed by atoms with Crippen LogP contribution in [-0.4, -0.2) is 37.9 Å². The topological polar surface area (TPSA) is 47.6 Å². The number of nitrogens with one attached hydrogen (secondary N) is 1. The molecule has 3 unspecified atom stereocenters. The van der Waals surface area contributed by atoms with E-state index in [-0.39, 0.29) is 12.0 Å². The molecule has 0 bridgehead atoms. The molecular weight excluding hydrogens is 230 g/mol. The number of carbonyl (C=O) groups excluding carboxylic acids is 1. The Hall–Kier alpha value is -0.610. The zero-order valence-corrected chi connectivity index (χ0v) is 11.5. The zero-order chi connectivity index (χ0) is 13.0. The van der Waals surface area contributed by atoms with Gasteiger partial charge in [-0.25, -0.2) is 0 Å². The molecule has 0 aromatic carbocycles. The van der Waals surface area contributed by atoms with E-state index >= 15 is 0 Å². The largest absolute Gasteiger partial charge is 0.468 e. The Kier molecular flexibility index (Phi) is 5.01. The maximum Gasteiger partial charge on any atom is 0.325 e. The number of esters is 1. The van der Waals surface area contributed by atoms with Crippen LogP contribution in [0, 0.1) is 5.92 Å². The molecule has 0 aromatic heterocycles. The summed E-state index contributed by atoms with van der Waals surface area (Å²) < 4.78 is 10.7. The molecule has 18 heavy (non-hydrogen) atoms. The van der Waals surface area contributed by atoms with Gasteiger partial charge in [-0.05, 0) is 31.6 Å². The summed E-state index contributed by atoms with van der Waals surface area (Å²) in [5.74, 6) is 0.544. The molecule has 4 nitrogen and oxygen atoms in total. The van der Waals surface area contributed by atoms with Gasteiger partial charge in [-0.1, -0.05) is 19.8 Å². The van der Waals surface area contributed by atoms with Crippen molar-refractivity contribution in [1.29, 1.82) is 0 Å². The van der Waals surface area contributed by atoms with Crippen LogP contribution in [0.5, 0.6) is 0 Å². The summed E-state index contributed by atoms with van der Waals surface area (Å²) in [6.45, 7) is 2.72. The highest BCUT2D eigenvalue weighted by Crippen LogP contribution is 2.26. The lowest BCUT2D eigenvalue weighted by molar-refractivity contribution is -0.145. The van der Waals surface area contributed by atoms with Gasteiger partial charge in [0.05, 0.1) is 19.8 Å². The lowest BCUT2D eigenvalue weighted by Crippen LogP contribution is -2.43. The predicted molar refractivity (Wildman–Crippen MR) is 69.3 cm³/mol. The van der Waals surface area contributed by atoms with Crippen LogP contribution in [-0.2, 0) is 14.3 Å². The maximum absolute atomic E-state index is 11.6. The first-order chi connectivity index (χ1) is 8.69. The molecule has 2 saturated carbocycles. The number of ether oxygens (including phenoxy) is 2. The van der Waals surface area contributed by atoms with Gasteiger partial charge >= 0.3 is 5.97 Å². The second-order valence-corrected chi connectivity index (χ2v) is 5.74. The first kappa shape index (κ1) is 13.8. The third-order valence-corrected chi connectivity index (χ3v) is 3.89. The summed E-state index contributed by atoms with van der Waals surface area (Å²) in [6, 6.07) is 0.197. The molecule has 104 valence electrons. The minimum absolute atomic E-state index is 0.203. The van der Waals surface area contributed by atoms with Crippen LogP contribution in [0.4, 0.5) is 0 Å². The predicted octanol–water partition coefficient (Wildman–Crippen LogP) is 1.88. The molecule has 2 aliphatic rings. The molecule has 0 amide bonds. The zero-order valence-electron chi connectivity index (χ0n) is 11.5. The van der Waals surface area contributed by atoms with E-state index in [1.54, 1.807) is 0 Å². The molecule has 0 spiro atoms. The van der Waals surface area contributed by atoms with Gasteiger partial charge in [-0.3, -0.25) is 10.1 Å². The molecule has 0 aromatic rings. The van der Waals surface area contributed by atoms with E-state index in [9.17, 15) is 4.79 Å². The van der Waals surface area contributed by atoms with E-state index in [0.29, 0.717) is 18.8 Å². The van der Waals surface area contributed by atoms with Crippen molar-refractivity contribution in [2.75, 3.05) is 13.7 Å². The first-order valence-corrected chi connectivity index (χ1v) is 7.14. The van der Waals surface area contributed by atoms with Crippen molar-refractivity contribution >= 4 is 5.97 Å². The third-order valence-electron chi connectivity index (χ3n) is 3.89. The van der Waals surface area contributed by atoms with Crippen LogP contribution >= 0.6 is 0 Å².